The SMILES string of the molecule is NC(=O)CCC(N)C(=O)NC(CCCN=C(N)N)C(=O)NC(CCC(N)=O)C(=O)NC(Cc1ccccc1)C(=O)O. The first-order chi connectivity index (χ1) is 19.3. The number of nitrogens with one attached hydrogen (secondary N) is 3. The molecule has 1 rings (SSSR count). The molecule has 0 aliphatic carbocycles. The second-order valence-corrected chi connectivity index (χ2v) is 9.28. The molecule has 0 heterocycles. The van der Waals surface area contributed by atoms with Crippen LogP contribution in [0.1, 0.15) is 44.1 Å². The number of carbonyl (C=O) groups is 6. The minimum atomic E-state index is -1.37. The van der Waals surface area contributed by atoms with Crippen molar-refractivity contribution in [2.45, 2.75) is 69.1 Å². The second-order valence-electron chi connectivity index (χ2n) is 9.28. The van der Waals surface area contributed by atoms with Crippen molar-refractivity contribution in [3.05, 3.63) is 35.9 Å². The third kappa shape index (κ3) is 14.3. The van der Waals surface area contributed by atoms with Crippen molar-refractivity contribution in [1.29, 1.82) is 0 Å². The molecule has 0 saturated carbocycles. The summed E-state index contributed by atoms with van der Waals surface area (Å²) in [4.78, 5) is 77.0. The van der Waals surface area contributed by atoms with E-state index in [0.29, 0.717) is 5.56 Å². The van der Waals surface area contributed by atoms with Gasteiger partial charge >= 0.3 is 5.97 Å². The van der Waals surface area contributed by atoms with E-state index in [9.17, 15) is 33.9 Å². The molecule has 16 nitrogen and oxygen atoms in total. The maximum absolute atomic E-state index is 13.2. The summed E-state index contributed by atoms with van der Waals surface area (Å²) >= 11 is 0. The van der Waals surface area contributed by atoms with Crippen LogP contribution in [-0.2, 0) is 35.2 Å². The Kier molecular flexibility index (Phi) is 14.9. The van der Waals surface area contributed by atoms with Crippen molar-refractivity contribution < 1.29 is 33.9 Å². The quantitative estimate of drug-likeness (QED) is 0.0447. The van der Waals surface area contributed by atoms with Crippen molar-refractivity contribution in [1.82, 2.24) is 16.0 Å². The van der Waals surface area contributed by atoms with E-state index in [1.807, 2.05) is 0 Å². The van der Waals surface area contributed by atoms with Crippen LogP contribution in [0.3, 0.4) is 0 Å². The van der Waals surface area contributed by atoms with Crippen LogP contribution in [0, 0.1) is 0 Å². The van der Waals surface area contributed by atoms with E-state index >= 15 is 0 Å². The zero-order valence-electron chi connectivity index (χ0n) is 22.6. The first-order valence-corrected chi connectivity index (χ1v) is 12.9. The van der Waals surface area contributed by atoms with Crippen molar-refractivity contribution in [3.8, 4) is 0 Å². The van der Waals surface area contributed by atoms with Crippen LogP contribution in [0.15, 0.2) is 35.3 Å². The topological polar surface area (TPSA) is 301 Å². The summed E-state index contributed by atoms with van der Waals surface area (Å²) < 4.78 is 0. The van der Waals surface area contributed by atoms with Gasteiger partial charge < -0.3 is 49.7 Å². The molecular formula is C25H39N9O7. The van der Waals surface area contributed by atoms with Gasteiger partial charge in [0.1, 0.15) is 18.1 Å². The first kappa shape index (κ1) is 34.3. The van der Waals surface area contributed by atoms with E-state index in [2.05, 4.69) is 20.9 Å². The van der Waals surface area contributed by atoms with Crippen molar-refractivity contribution in [2.75, 3.05) is 6.54 Å². The summed E-state index contributed by atoms with van der Waals surface area (Å²) in [5.74, 6) is -5.32. The first-order valence-electron chi connectivity index (χ1n) is 12.9. The summed E-state index contributed by atoms with van der Waals surface area (Å²) in [6.45, 7) is 0.126. The molecule has 0 saturated heterocycles. The number of benzene rings is 1. The van der Waals surface area contributed by atoms with Gasteiger partial charge in [-0.25, -0.2) is 4.79 Å². The van der Waals surface area contributed by atoms with Gasteiger partial charge in [-0.05, 0) is 31.2 Å². The fourth-order valence-corrected chi connectivity index (χ4v) is 3.63. The van der Waals surface area contributed by atoms with Gasteiger partial charge in [-0.3, -0.25) is 29.0 Å². The second kappa shape index (κ2) is 17.8. The minimum Gasteiger partial charge on any atom is -0.480 e. The highest BCUT2D eigenvalue weighted by molar-refractivity contribution is 5.94. The van der Waals surface area contributed by atoms with Crippen LogP contribution in [0.5, 0.6) is 0 Å². The van der Waals surface area contributed by atoms with Crippen molar-refractivity contribution in [3.63, 3.8) is 0 Å². The lowest BCUT2D eigenvalue weighted by Gasteiger charge is -2.25. The number of nitrogens with zero attached hydrogens (tertiary/aromatic N) is 1. The summed E-state index contributed by atoms with van der Waals surface area (Å²) in [7, 11) is 0. The number of carboxylic acids is 1. The number of carbonyl (C=O) groups excluding carboxylic acids is 5. The van der Waals surface area contributed by atoms with E-state index in [4.69, 9.17) is 28.7 Å². The van der Waals surface area contributed by atoms with Gasteiger partial charge in [-0.15, -0.1) is 0 Å². The largest absolute Gasteiger partial charge is 0.480 e. The van der Waals surface area contributed by atoms with Gasteiger partial charge in [-0.1, -0.05) is 30.3 Å². The summed E-state index contributed by atoms with van der Waals surface area (Å²) in [6, 6.07) is 3.49. The van der Waals surface area contributed by atoms with Gasteiger partial charge in [0.15, 0.2) is 5.96 Å². The van der Waals surface area contributed by atoms with Crippen LogP contribution < -0.4 is 44.6 Å². The predicted molar refractivity (Wildman–Crippen MR) is 148 cm³/mol. The Balaban J connectivity index is 3.08. The number of carboxylic acid groups (broad SMARTS) is 1. The molecule has 0 radical (unpaired) electrons. The lowest BCUT2D eigenvalue weighted by molar-refractivity contribution is -0.142. The van der Waals surface area contributed by atoms with Crippen molar-refractivity contribution in [2.24, 2.45) is 33.7 Å². The lowest BCUT2D eigenvalue weighted by Crippen LogP contribution is -2.57. The normalized spacial score (nSPS) is 13.5. The number of primary amides is 2. The van der Waals surface area contributed by atoms with E-state index < -0.39 is 59.7 Å². The Bertz CT molecular complexity index is 1090. The minimum absolute atomic E-state index is 0.0206. The van der Waals surface area contributed by atoms with E-state index in [-0.39, 0.29) is 57.5 Å². The number of hydrogen-bond donors (Lipinski definition) is 9. The Hall–Kier alpha value is -4.73. The number of aliphatic imine (C=N–C) groups is 1. The molecular weight excluding hydrogens is 538 g/mol. The smallest absolute Gasteiger partial charge is 0.326 e. The maximum atomic E-state index is 13.2. The van der Waals surface area contributed by atoms with E-state index in [1.54, 1.807) is 30.3 Å². The molecule has 0 spiro atoms. The van der Waals surface area contributed by atoms with E-state index in [0.717, 1.165) is 0 Å². The molecule has 1 aromatic carbocycles. The molecule has 16 heteroatoms. The van der Waals surface area contributed by atoms with E-state index in [1.165, 1.54) is 0 Å². The molecule has 1 aromatic rings. The fraction of sp³-hybridized carbons (Fsp3) is 0.480. The number of nitrogens with two attached hydrogens (primary N) is 5. The van der Waals surface area contributed by atoms with Crippen molar-refractivity contribution >= 4 is 41.5 Å². The third-order valence-electron chi connectivity index (χ3n) is 5.83. The summed E-state index contributed by atoms with van der Waals surface area (Å²) in [5, 5.41) is 17.0. The van der Waals surface area contributed by atoms with Gasteiger partial charge in [0.2, 0.25) is 29.5 Å². The zero-order valence-corrected chi connectivity index (χ0v) is 22.6. The highest BCUT2D eigenvalue weighted by Gasteiger charge is 2.30. The van der Waals surface area contributed by atoms with Crippen LogP contribution >= 0.6 is 0 Å². The zero-order chi connectivity index (χ0) is 30.9. The standard InChI is InChI=1S/C25H39N9O7/c26-15(8-10-19(27)35)21(37)32-16(7-4-12-31-25(29)30)22(38)33-17(9-11-20(28)36)23(39)34-18(24(40)41)13-14-5-2-1-3-6-14/h1-3,5-6,15-18H,4,7-13,26H2,(H2,27,35)(H2,28,36)(H,32,37)(H,33,38)(H,34,39)(H,40,41)(H4,29,30,31). The maximum Gasteiger partial charge on any atom is 0.326 e. The molecule has 14 N–H and O–H groups in total. The Morgan fingerprint density at radius 3 is 1.78 bits per heavy atom. The van der Waals surface area contributed by atoms with Gasteiger partial charge in [0, 0.05) is 25.8 Å². The molecule has 41 heavy (non-hydrogen) atoms. The molecule has 0 aliphatic heterocycles. The number of rotatable bonds is 19. The van der Waals surface area contributed by atoms with Gasteiger partial charge in [-0.2, -0.15) is 0 Å². The van der Waals surface area contributed by atoms with Crippen LogP contribution in [-0.4, -0.2) is 77.3 Å². The third-order valence-corrected chi connectivity index (χ3v) is 5.83. The monoisotopic (exact) mass is 577 g/mol. The molecule has 226 valence electrons. The van der Waals surface area contributed by atoms with Crippen LogP contribution in [0.2, 0.25) is 0 Å². The molecule has 4 unspecified atom stereocenters. The predicted octanol–water partition coefficient (Wildman–Crippen LogP) is -3.32. The molecule has 0 aromatic heterocycles. The highest BCUT2D eigenvalue weighted by Crippen LogP contribution is 2.07. The summed E-state index contributed by atoms with van der Waals surface area (Å²) in [6.07, 6.45) is -0.531. The molecule has 5 amide bonds. The van der Waals surface area contributed by atoms with Gasteiger partial charge in [0.05, 0.1) is 6.04 Å². The van der Waals surface area contributed by atoms with Crippen LogP contribution in [0.4, 0.5) is 0 Å². The Morgan fingerprint density at radius 2 is 1.24 bits per heavy atom. The van der Waals surface area contributed by atoms with Gasteiger partial charge in [0.25, 0.3) is 0 Å². The highest BCUT2D eigenvalue weighted by atomic mass is 16.4. The number of guanidine groups is 1. The molecule has 0 fully saturated rings. The Labute approximate surface area is 236 Å². The lowest BCUT2D eigenvalue weighted by atomic mass is 10.0. The fourth-order valence-electron chi connectivity index (χ4n) is 3.63. The molecule has 0 bridgehead atoms. The summed E-state index contributed by atoms with van der Waals surface area (Å²) in [5.41, 5.74) is 27.4. The molecule has 0 aliphatic rings. The average molecular weight is 578 g/mol. The number of amides is 5. The van der Waals surface area contributed by atoms with Crippen LogP contribution in [0.25, 0.3) is 0 Å². The molecule has 4 atom stereocenters. The average Bonchev–Trinajstić information content (AvgIpc) is 2.90. The number of hydrogen-bond acceptors (Lipinski definition) is 8. The Morgan fingerprint density at radius 1 is 0.732 bits per heavy atom. The number of aliphatic carboxylic acids is 1.